The number of rotatable bonds is 18. The molecule has 6 atom stereocenters. The first-order valence-electron chi connectivity index (χ1n) is 18.0. The molecule has 3 saturated heterocycles. The number of esters is 1. The molecule has 5 rings (SSSR count). The average Bonchev–Trinajstić information content (AvgIpc) is 3.75. The number of nitrogens with zero attached hydrogens (tertiary/aromatic N) is 2. The number of carbonyl (C=O) groups is 4. The van der Waals surface area contributed by atoms with Crippen LogP contribution >= 0.6 is 0 Å². The highest BCUT2D eigenvalue weighted by Crippen LogP contribution is 2.59. The third kappa shape index (κ3) is 7.54. The molecule has 10 nitrogen and oxygen atoms in total. The van der Waals surface area contributed by atoms with Crippen LogP contribution in [-0.2, 0) is 28.7 Å². The highest BCUT2D eigenvalue weighted by Gasteiger charge is 2.74. The summed E-state index contributed by atoms with van der Waals surface area (Å²) in [6, 6.07) is 7.99. The maximum absolute atomic E-state index is 14.7. The smallest absolute Gasteiger partial charge is 0.306 e. The van der Waals surface area contributed by atoms with Crippen molar-refractivity contribution >= 4 is 23.7 Å². The van der Waals surface area contributed by atoms with Gasteiger partial charge in [-0.15, -0.1) is 13.2 Å². The lowest BCUT2D eigenvalue weighted by Gasteiger charge is -2.40. The van der Waals surface area contributed by atoms with Crippen LogP contribution in [0.4, 0.5) is 0 Å². The summed E-state index contributed by atoms with van der Waals surface area (Å²) in [7, 11) is 0. The number of nitrogens with one attached hydrogen (secondary N) is 1. The molecule has 10 heteroatoms. The normalized spacial score (nSPS) is 26.9. The fourth-order valence-electron chi connectivity index (χ4n) is 8.47. The van der Waals surface area contributed by atoms with E-state index < -0.39 is 35.6 Å². The molecule has 48 heavy (non-hydrogen) atoms. The molecule has 1 aromatic rings. The van der Waals surface area contributed by atoms with Crippen molar-refractivity contribution in [1.29, 1.82) is 0 Å². The van der Waals surface area contributed by atoms with Gasteiger partial charge in [0.15, 0.2) is 0 Å². The summed E-state index contributed by atoms with van der Waals surface area (Å²) < 4.78 is 12.3. The van der Waals surface area contributed by atoms with Crippen molar-refractivity contribution in [2.45, 2.75) is 113 Å². The zero-order valence-electron chi connectivity index (χ0n) is 28.2. The zero-order chi connectivity index (χ0) is 34.1. The van der Waals surface area contributed by atoms with Gasteiger partial charge in [-0.1, -0.05) is 74.6 Å². The van der Waals surface area contributed by atoms with E-state index in [1.807, 2.05) is 35.2 Å². The Bertz CT molecular complexity index is 1300. The van der Waals surface area contributed by atoms with Gasteiger partial charge in [-0.05, 0) is 50.5 Å². The molecule has 0 unspecified atom stereocenters. The Labute approximate surface area is 284 Å². The Morgan fingerprint density at radius 3 is 2.52 bits per heavy atom. The zero-order valence-corrected chi connectivity index (χ0v) is 28.2. The number of benzene rings is 1. The van der Waals surface area contributed by atoms with Crippen LogP contribution in [0.1, 0.15) is 95.1 Å². The van der Waals surface area contributed by atoms with Gasteiger partial charge in [0.05, 0.1) is 24.0 Å². The fraction of sp³-hybridized carbons (Fsp3) is 0.632. The topological polar surface area (TPSA) is 125 Å². The number of hydrogen-bond acceptors (Lipinski definition) is 7. The second kappa shape index (κ2) is 16.7. The Morgan fingerprint density at radius 1 is 1.06 bits per heavy atom. The number of likely N-dealkylation sites (tertiary alicyclic amines) is 1. The van der Waals surface area contributed by atoms with Gasteiger partial charge in [-0.2, -0.15) is 0 Å². The molecular weight excluding hydrogens is 610 g/mol. The number of fused-ring (bicyclic) bond motifs is 1. The Hall–Kier alpha value is -3.50. The molecule has 2 N–H and O–H groups in total. The van der Waals surface area contributed by atoms with Gasteiger partial charge in [0, 0.05) is 32.2 Å². The summed E-state index contributed by atoms with van der Waals surface area (Å²) >= 11 is 0. The van der Waals surface area contributed by atoms with Crippen molar-refractivity contribution in [2.24, 2.45) is 11.8 Å². The number of aliphatic hydroxyl groups excluding tert-OH is 1. The summed E-state index contributed by atoms with van der Waals surface area (Å²) in [6.45, 7) is 8.46. The quantitative estimate of drug-likeness (QED) is 0.133. The van der Waals surface area contributed by atoms with E-state index in [4.69, 9.17) is 9.47 Å². The first-order valence-corrected chi connectivity index (χ1v) is 18.0. The van der Waals surface area contributed by atoms with Crippen LogP contribution in [0.5, 0.6) is 0 Å². The van der Waals surface area contributed by atoms with Crippen molar-refractivity contribution in [1.82, 2.24) is 15.1 Å². The molecule has 1 spiro atoms. The number of ether oxygens (including phenoxy) is 2. The van der Waals surface area contributed by atoms with Gasteiger partial charge in [0.2, 0.25) is 17.7 Å². The van der Waals surface area contributed by atoms with Crippen LogP contribution in [-0.4, -0.2) is 88.7 Å². The third-order valence-electron chi connectivity index (χ3n) is 10.8. The number of unbranched alkanes of at least 4 members (excludes halogenated alkanes) is 3. The van der Waals surface area contributed by atoms with E-state index in [-0.39, 0.29) is 49.4 Å². The fourth-order valence-corrected chi connectivity index (χ4v) is 8.47. The minimum absolute atomic E-state index is 0.0489. The highest BCUT2D eigenvalue weighted by molar-refractivity contribution is 5.99. The SMILES string of the molecule is C=CCCC(=O)OC[C@@H](NC(=O)[C@@H]1[C@@H]2CC[C@]3(O2)[C@H](C(=O)N(CC=C)C2CCCCC2)N(CCCCCCO)C(=O)[C@@H]13)c1ccccc1. The summed E-state index contributed by atoms with van der Waals surface area (Å²) in [6.07, 6.45) is 12.9. The third-order valence-corrected chi connectivity index (χ3v) is 10.8. The molecule has 3 amide bonds. The minimum Gasteiger partial charge on any atom is -0.463 e. The number of carbonyl (C=O) groups excluding carboxylic acids is 4. The molecule has 0 radical (unpaired) electrons. The molecule has 4 aliphatic rings. The maximum atomic E-state index is 14.7. The average molecular weight is 664 g/mol. The van der Waals surface area contributed by atoms with Gasteiger partial charge < -0.3 is 29.7 Å². The summed E-state index contributed by atoms with van der Waals surface area (Å²) in [5.74, 6) is -2.58. The van der Waals surface area contributed by atoms with Gasteiger partial charge >= 0.3 is 5.97 Å². The van der Waals surface area contributed by atoms with Gasteiger partial charge in [0.1, 0.15) is 18.2 Å². The molecule has 3 aliphatic heterocycles. The van der Waals surface area contributed by atoms with Crippen molar-refractivity contribution in [3.8, 4) is 0 Å². The summed E-state index contributed by atoms with van der Waals surface area (Å²) in [5.41, 5.74) is -0.302. The summed E-state index contributed by atoms with van der Waals surface area (Å²) in [5, 5.41) is 12.4. The van der Waals surface area contributed by atoms with Crippen LogP contribution in [0.2, 0.25) is 0 Å². The standard InChI is InChI=1S/C38H53N3O7/c1-3-5-20-31(43)47-26-29(27-16-10-8-11-17-27)39-35(44)32-30-21-22-38(48-30)33(32)36(45)41(24-14-6-7-15-25-42)34(38)37(46)40(23-4-2)28-18-12-9-13-19-28/h3-4,8,10-11,16-17,28-30,32-34,42H,1-2,5-7,9,12-15,18-26H2,(H,39,44)/t29-,30+,32-,33-,34+,38-/m1/s1. The van der Waals surface area contributed by atoms with Crippen LogP contribution in [0.25, 0.3) is 0 Å². The van der Waals surface area contributed by atoms with E-state index in [0.717, 1.165) is 50.5 Å². The van der Waals surface area contributed by atoms with E-state index in [1.165, 1.54) is 0 Å². The first kappa shape index (κ1) is 35.8. The molecule has 1 aliphatic carbocycles. The lowest BCUT2D eigenvalue weighted by molar-refractivity contribution is -0.150. The lowest BCUT2D eigenvalue weighted by Crippen LogP contribution is -2.58. The predicted molar refractivity (Wildman–Crippen MR) is 181 cm³/mol. The van der Waals surface area contributed by atoms with Gasteiger partial charge in [0.25, 0.3) is 0 Å². The van der Waals surface area contributed by atoms with Crippen LogP contribution < -0.4 is 5.32 Å². The van der Waals surface area contributed by atoms with Crippen molar-refractivity contribution in [2.75, 3.05) is 26.3 Å². The second-order valence-corrected chi connectivity index (χ2v) is 13.8. The lowest BCUT2D eigenvalue weighted by atomic mass is 9.70. The Kier molecular flexibility index (Phi) is 12.5. The Morgan fingerprint density at radius 2 is 1.81 bits per heavy atom. The van der Waals surface area contributed by atoms with E-state index in [1.54, 1.807) is 17.1 Å². The largest absolute Gasteiger partial charge is 0.463 e. The summed E-state index contributed by atoms with van der Waals surface area (Å²) in [4.78, 5) is 59.5. The molecule has 0 aromatic heterocycles. The molecule has 2 bridgehead atoms. The highest BCUT2D eigenvalue weighted by atomic mass is 16.5. The van der Waals surface area contributed by atoms with E-state index in [0.29, 0.717) is 45.2 Å². The molecular formula is C38H53N3O7. The van der Waals surface area contributed by atoms with Crippen LogP contribution in [0.3, 0.4) is 0 Å². The van der Waals surface area contributed by atoms with Crippen LogP contribution in [0, 0.1) is 11.8 Å². The molecule has 1 aromatic carbocycles. The number of amides is 3. The molecule has 1 saturated carbocycles. The second-order valence-electron chi connectivity index (χ2n) is 13.8. The predicted octanol–water partition coefficient (Wildman–Crippen LogP) is 4.63. The van der Waals surface area contributed by atoms with E-state index in [9.17, 15) is 24.3 Å². The van der Waals surface area contributed by atoms with E-state index in [2.05, 4.69) is 18.5 Å². The van der Waals surface area contributed by atoms with Crippen molar-refractivity contribution < 1.29 is 33.8 Å². The molecule has 4 fully saturated rings. The van der Waals surface area contributed by atoms with E-state index >= 15 is 0 Å². The van der Waals surface area contributed by atoms with Gasteiger partial charge in [-0.25, -0.2) is 0 Å². The number of hydrogen-bond donors (Lipinski definition) is 2. The monoisotopic (exact) mass is 663 g/mol. The van der Waals surface area contributed by atoms with Crippen molar-refractivity contribution in [3.05, 3.63) is 61.2 Å². The van der Waals surface area contributed by atoms with Crippen molar-refractivity contribution in [3.63, 3.8) is 0 Å². The number of aliphatic hydroxyl groups is 1. The van der Waals surface area contributed by atoms with Gasteiger partial charge in [-0.3, -0.25) is 19.2 Å². The first-order chi connectivity index (χ1) is 23.4. The van der Waals surface area contributed by atoms with Crippen LogP contribution in [0.15, 0.2) is 55.6 Å². The number of allylic oxidation sites excluding steroid dienone is 1. The minimum atomic E-state index is -1.08. The maximum Gasteiger partial charge on any atom is 0.306 e. The Balaban J connectivity index is 1.41. The molecule has 262 valence electrons. The molecule has 3 heterocycles.